The molecule has 114 valence electrons. The van der Waals surface area contributed by atoms with Crippen molar-refractivity contribution in [2.45, 2.75) is 64.5 Å². The summed E-state index contributed by atoms with van der Waals surface area (Å²) in [6.07, 6.45) is 2.33. The van der Waals surface area contributed by atoms with Crippen molar-refractivity contribution in [1.29, 1.82) is 0 Å². The van der Waals surface area contributed by atoms with Crippen LogP contribution in [-0.4, -0.2) is 24.7 Å². The molecule has 1 fully saturated rings. The Balaban J connectivity index is 2.29. The van der Waals surface area contributed by atoms with Crippen LogP contribution in [0.4, 0.5) is 0 Å². The van der Waals surface area contributed by atoms with Crippen molar-refractivity contribution >= 4 is 11.3 Å². The minimum absolute atomic E-state index is 0.0125. The van der Waals surface area contributed by atoms with E-state index in [4.69, 9.17) is 9.72 Å². The number of aromatic nitrogens is 1. The molecule has 2 unspecified atom stereocenters. The second-order valence-corrected chi connectivity index (χ2v) is 8.09. The van der Waals surface area contributed by atoms with Crippen LogP contribution in [0.1, 0.15) is 58.2 Å². The van der Waals surface area contributed by atoms with Crippen molar-refractivity contribution in [3.63, 3.8) is 0 Å². The van der Waals surface area contributed by atoms with E-state index in [9.17, 15) is 0 Å². The van der Waals surface area contributed by atoms with Crippen molar-refractivity contribution in [3.8, 4) is 0 Å². The van der Waals surface area contributed by atoms with Gasteiger partial charge in [-0.05, 0) is 25.8 Å². The third kappa shape index (κ3) is 3.07. The van der Waals surface area contributed by atoms with Crippen molar-refractivity contribution in [3.05, 3.63) is 16.1 Å². The van der Waals surface area contributed by atoms with Crippen LogP contribution in [0.15, 0.2) is 5.38 Å². The topological polar surface area (TPSA) is 34.2 Å². The zero-order valence-electron chi connectivity index (χ0n) is 13.6. The highest BCUT2D eigenvalue weighted by atomic mass is 32.1. The van der Waals surface area contributed by atoms with Crippen molar-refractivity contribution in [2.75, 3.05) is 13.7 Å². The van der Waals surface area contributed by atoms with E-state index in [2.05, 4.69) is 52.4 Å². The van der Waals surface area contributed by atoms with Gasteiger partial charge in [-0.25, -0.2) is 4.98 Å². The fourth-order valence-corrected chi connectivity index (χ4v) is 3.98. The van der Waals surface area contributed by atoms with Gasteiger partial charge >= 0.3 is 0 Å². The molecule has 1 aliphatic rings. The second-order valence-electron chi connectivity index (χ2n) is 7.23. The molecule has 0 aromatic carbocycles. The Morgan fingerprint density at radius 2 is 2.15 bits per heavy atom. The van der Waals surface area contributed by atoms with E-state index < -0.39 is 0 Å². The van der Waals surface area contributed by atoms with E-state index in [0.717, 1.165) is 19.4 Å². The lowest BCUT2D eigenvalue weighted by Gasteiger charge is -2.41. The molecule has 1 aromatic heterocycles. The molecule has 20 heavy (non-hydrogen) atoms. The smallest absolute Gasteiger partial charge is 0.113 e. The summed E-state index contributed by atoms with van der Waals surface area (Å²) >= 11 is 1.79. The molecule has 0 amide bonds. The van der Waals surface area contributed by atoms with Gasteiger partial charge in [0.2, 0.25) is 0 Å². The van der Waals surface area contributed by atoms with Gasteiger partial charge < -0.3 is 10.1 Å². The Morgan fingerprint density at radius 1 is 1.45 bits per heavy atom. The second kappa shape index (κ2) is 5.74. The largest absolute Gasteiger partial charge is 0.378 e. The molecule has 1 N–H and O–H groups in total. The van der Waals surface area contributed by atoms with Crippen LogP contribution in [0, 0.1) is 5.92 Å². The quantitative estimate of drug-likeness (QED) is 0.923. The summed E-state index contributed by atoms with van der Waals surface area (Å²) in [5.41, 5.74) is 1.30. The summed E-state index contributed by atoms with van der Waals surface area (Å²) in [5.74, 6) is 0.546. The van der Waals surface area contributed by atoms with Gasteiger partial charge in [-0.15, -0.1) is 11.3 Å². The molecule has 1 aliphatic heterocycles. The van der Waals surface area contributed by atoms with Crippen molar-refractivity contribution in [2.24, 2.45) is 5.92 Å². The predicted octanol–water partition coefficient (Wildman–Crippen LogP) is 3.69. The zero-order valence-corrected chi connectivity index (χ0v) is 14.4. The van der Waals surface area contributed by atoms with Crippen LogP contribution < -0.4 is 5.32 Å². The number of ether oxygens (including phenoxy) is 1. The highest BCUT2D eigenvalue weighted by Gasteiger charge is 2.41. The molecule has 0 radical (unpaired) electrons. The number of nitrogens with zero attached hydrogens (tertiary/aromatic N) is 1. The Morgan fingerprint density at radius 3 is 2.65 bits per heavy atom. The van der Waals surface area contributed by atoms with Gasteiger partial charge in [0.1, 0.15) is 5.01 Å². The van der Waals surface area contributed by atoms with E-state index in [0.29, 0.717) is 12.0 Å². The maximum atomic E-state index is 5.93. The van der Waals surface area contributed by atoms with Gasteiger partial charge in [0.25, 0.3) is 0 Å². The molecular weight excluding hydrogens is 268 g/mol. The number of thiazole rings is 1. The average Bonchev–Trinajstić information content (AvgIpc) is 2.88. The molecule has 1 saturated heterocycles. The van der Waals surface area contributed by atoms with Crippen LogP contribution in [0.2, 0.25) is 0 Å². The minimum atomic E-state index is -0.0125. The standard InChI is InChI=1S/C16H28N2OS/c1-11(2)12-9-16(17-6,7-8-19-12)14-18-13(10-20-14)15(3,4)5/h10-12,17H,7-9H2,1-6H3. The Kier molecular flexibility index (Phi) is 4.57. The minimum Gasteiger partial charge on any atom is -0.378 e. The lowest BCUT2D eigenvalue weighted by molar-refractivity contribution is -0.0517. The molecule has 3 nitrogen and oxygen atoms in total. The number of nitrogens with one attached hydrogen (secondary N) is 1. The molecule has 4 heteroatoms. The first-order valence-corrected chi connectivity index (χ1v) is 8.43. The molecule has 2 rings (SSSR count). The van der Waals surface area contributed by atoms with E-state index in [1.807, 2.05) is 0 Å². The highest BCUT2D eigenvalue weighted by molar-refractivity contribution is 7.09. The highest BCUT2D eigenvalue weighted by Crippen LogP contribution is 2.39. The Bertz CT molecular complexity index is 450. The molecule has 0 bridgehead atoms. The van der Waals surface area contributed by atoms with Crippen LogP contribution in [-0.2, 0) is 15.7 Å². The third-order valence-corrected chi connectivity index (χ3v) is 5.36. The number of hydrogen-bond donors (Lipinski definition) is 1. The molecule has 2 atom stereocenters. The molecule has 1 aromatic rings. The lowest BCUT2D eigenvalue weighted by atomic mass is 9.83. The van der Waals surface area contributed by atoms with Crippen molar-refractivity contribution < 1.29 is 4.74 Å². The SMILES string of the molecule is CNC1(c2nc(C(C)(C)C)cs2)CCOC(C(C)C)C1. The van der Waals surface area contributed by atoms with Crippen LogP contribution in [0.5, 0.6) is 0 Å². The molecule has 0 saturated carbocycles. The van der Waals surface area contributed by atoms with Gasteiger partial charge in [0.15, 0.2) is 0 Å². The maximum absolute atomic E-state index is 5.93. The summed E-state index contributed by atoms with van der Waals surface area (Å²) in [6.45, 7) is 11.9. The van der Waals surface area contributed by atoms with Gasteiger partial charge in [-0.3, -0.25) is 0 Å². The predicted molar refractivity (Wildman–Crippen MR) is 85.4 cm³/mol. The van der Waals surface area contributed by atoms with Crippen LogP contribution in [0.25, 0.3) is 0 Å². The Labute approximate surface area is 127 Å². The number of rotatable bonds is 3. The van der Waals surface area contributed by atoms with Crippen LogP contribution >= 0.6 is 11.3 Å². The zero-order chi connectivity index (χ0) is 15.0. The molecular formula is C16H28N2OS. The molecule has 2 heterocycles. The van der Waals surface area contributed by atoms with E-state index in [1.165, 1.54) is 10.7 Å². The van der Waals surface area contributed by atoms with E-state index >= 15 is 0 Å². The monoisotopic (exact) mass is 296 g/mol. The van der Waals surface area contributed by atoms with Gasteiger partial charge in [-0.2, -0.15) is 0 Å². The lowest BCUT2D eigenvalue weighted by Crippen LogP contribution is -2.49. The third-order valence-electron chi connectivity index (χ3n) is 4.31. The summed E-state index contributed by atoms with van der Waals surface area (Å²) < 4.78 is 5.93. The Hall–Kier alpha value is -0.450. The number of hydrogen-bond acceptors (Lipinski definition) is 4. The summed E-state index contributed by atoms with van der Waals surface area (Å²) in [4.78, 5) is 4.94. The molecule has 0 aliphatic carbocycles. The first-order valence-electron chi connectivity index (χ1n) is 7.55. The summed E-state index contributed by atoms with van der Waals surface area (Å²) in [7, 11) is 2.06. The van der Waals surface area contributed by atoms with E-state index in [1.54, 1.807) is 11.3 Å². The van der Waals surface area contributed by atoms with Crippen LogP contribution in [0.3, 0.4) is 0 Å². The fraction of sp³-hybridized carbons (Fsp3) is 0.812. The average molecular weight is 296 g/mol. The first kappa shape index (κ1) is 15.9. The van der Waals surface area contributed by atoms with Gasteiger partial charge in [0, 0.05) is 17.4 Å². The summed E-state index contributed by atoms with van der Waals surface area (Å²) in [5, 5.41) is 6.99. The normalized spacial score (nSPS) is 28.1. The van der Waals surface area contributed by atoms with Crippen molar-refractivity contribution in [1.82, 2.24) is 10.3 Å². The van der Waals surface area contributed by atoms with Gasteiger partial charge in [0.05, 0.1) is 17.3 Å². The first-order chi connectivity index (χ1) is 9.28. The summed E-state index contributed by atoms with van der Waals surface area (Å²) in [6, 6.07) is 0. The van der Waals surface area contributed by atoms with E-state index in [-0.39, 0.29) is 11.0 Å². The molecule has 0 spiro atoms. The maximum Gasteiger partial charge on any atom is 0.113 e. The fourth-order valence-electron chi connectivity index (χ4n) is 2.68. The van der Waals surface area contributed by atoms with Gasteiger partial charge in [-0.1, -0.05) is 34.6 Å².